The van der Waals surface area contributed by atoms with Crippen LogP contribution in [-0.2, 0) is 0 Å². The van der Waals surface area contributed by atoms with Crippen molar-refractivity contribution in [3.63, 3.8) is 0 Å². The summed E-state index contributed by atoms with van der Waals surface area (Å²) < 4.78 is 5.12. The molecule has 0 aromatic heterocycles. The highest BCUT2D eigenvalue weighted by molar-refractivity contribution is 6.36. The molecule has 0 aliphatic heterocycles. The van der Waals surface area contributed by atoms with Crippen LogP contribution in [0.1, 0.15) is 21.5 Å². The van der Waals surface area contributed by atoms with Crippen LogP contribution in [0.5, 0.6) is 5.75 Å². The van der Waals surface area contributed by atoms with Gasteiger partial charge >= 0.3 is 0 Å². The predicted octanol–water partition coefficient (Wildman–Crippen LogP) is 4.54. The monoisotopic (exact) mass is 294 g/mol. The molecule has 0 radical (unpaired) electrons. The Hall–Kier alpha value is -1.51. The number of hydrogen-bond acceptors (Lipinski definition) is 2. The number of benzene rings is 2. The molecule has 4 heteroatoms. The maximum absolute atomic E-state index is 12.5. The Kier molecular flexibility index (Phi) is 4.13. The highest BCUT2D eigenvalue weighted by Crippen LogP contribution is 2.26. The van der Waals surface area contributed by atoms with Crippen molar-refractivity contribution in [3.05, 3.63) is 63.1 Å². The van der Waals surface area contributed by atoms with E-state index in [4.69, 9.17) is 27.9 Å². The fourth-order valence-corrected chi connectivity index (χ4v) is 2.21. The molecule has 0 bridgehead atoms. The minimum absolute atomic E-state index is 0.146. The summed E-state index contributed by atoms with van der Waals surface area (Å²) >= 11 is 12.0. The van der Waals surface area contributed by atoms with Crippen molar-refractivity contribution in [2.75, 3.05) is 7.11 Å². The average molecular weight is 295 g/mol. The molecule has 0 heterocycles. The van der Waals surface area contributed by atoms with Gasteiger partial charge in [-0.2, -0.15) is 0 Å². The lowest BCUT2D eigenvalue weighted by Crippen LogP contribution is -2.04. The van der Waals surface area contributed by atoms with Crippen LogP contribution in [0.3, 0.4) is 0 Å². The van der Waals surface area contributed by atoms with Crippen LogP contribution in [0.2, 0.25) is 10.0 Å². The summed E-state index contributed by atoms with van der Waals surface area (Å²) in [6, 6.07) is 10.1. The first-order chi connectivity index (χ1) is 9.02. The number of hydrogen-bond donors (Lipinski definition) is 0. The average Bonchev–Trinajstić information content (AvgIpc) is 2.40. The van der Waals surface area contributed by atoms with E-state index in [9.17, 15) is 4.79 Å². The van der Waals surface area contributed by atoms with Gasteiger partial charge in [0, 0.05) is 16.1 Å². The summed E-state index contributed by atoms with van der Waals surface area (Å²) in [5, 5.41) is 0.878. The molecule has 0 aliphatic rings. The second-order valence-electron chi connectivity index (χ2n) is 4.13. The van der Waals surface area contributed by atoms with Crippen molar-refractivity contribution in [2.45, 2.75) is 6.92 Å². The summed E-state index contributed by atoms with van der Waals surface area (Å²) in [5.74, 6) is 0.568. The fraction of sp³-hybridized carbons (Fsp3) is 0.133. The van der Waals surface area contributed by atoms with E-state index in [0.717, 1.165) is 5.56 Å². The topological polar surface area (TPSA) is 26.3 Å². The normalized spacial score (nSPS) is 10.3. The summed E-state index contributed by atoms with van der Waals surface area (Å²) in [5.41, 5.74) is 1.83. The molecular weight excluding hydrogens is 283 g/mol. The van der Waals surface area contributed by atoms with Gasteiger partial charge in [-0.25, -0.2) is 0 Å². The largest absolute Gasteiger partial charge is 0.497 e. The lowest BCUT2D eigenvalue weighted by atomic mass is 9.99. The SMILES string of the molecule is COc1ccc(C(=O)c2cc(Cl)ccc2Cl)c(C)c1. The van der Waals surface area contributed by atoms with Gasteiger partial charge < -0.3 is 4.74 Å². The van der Waals surface area contributed by atoms with Gasteiger partial charge in [-0.15, -0.1) is 0 Å². The molecule has 2 aromatic rings. The van der Waals surface area contributed by atoms with E-state index in [1.54, 1.807) is 37.4 Å². The number of ether oxygens (including phenoxy) is 1. The summed E-state index contributed by atoms with van der Waals surface area (Å²) in [6.07, 6.45) is 0. The lowest BCUT2D eigenvalue weighted by molar-refractivity contribution is 0.103. The van der Waals surface area contributed by atoms with E-state index in [1.165, 1.54) is 0 Å². The number of ketones is 1. The first-order valence-corrected chi connectivity index (χ1v) is 6.43. The Morgan fingerprint density at radius 3 is 2.42 bits per heavy atom. The van der Waals surface area contributed by atoms with Crippen molar-refractivity contribution >= 4 is 29.0 Å². The molecule has 0 amide bonds. The molecule has 0 fully saturated rings. The molecule has 0 N–H and O–H groups in total. The van der Waals surface area contributed by atoms with Crippen LogP contribution in [-0.4, -0.2) is 12.9 Å². The highest BCUT2D eigenvalue weighted by Gasteiger charge is 2.15. The number of methoxy groups -OCH3 is 1. The Labute approximate surface area is 121 Å². The van der Waals surface area contributed by atoms with Gasteiger partial charge in [0.2, 0.25) is 0 Å². The van der Waals surface area contributed by atoms with Crippen LogP contribution >= 0.6 is 23.2 Å². The third kappa shape index (κ3) is 2.91. The van der Waals surface area contributed by atoms with Crippen molar-refractivity contribution < 1.29 is 9.53 Å². The first kappa shape index (κ1) is 13.9. The van der Waals surface area contributed by atoms with Crippen molar-refractivity contribution in [1.29, 1.82) is 0 Å². The van der Waals surface area contributed by atoms with Crippen LogP contribution in [0.4, 0.5) is 0 Å². The molecule has 2 rings (SSSR count). The molecule has 2 nitrogen and oxygen atoms in total. The smallest absolute Gasteiger partial charge is 0.194 e. The second kappa shape index (κ2) is 5.64. The molecule has 0 atom stereocenters. The van der Waals surface area contributed by atoms with Gasteiger partial charge in [0.25, 0.3) is 0 Å². The third-order valence-electron chi connectivity index (χ3n) is 2.85. The van der Waals surface area contributed by atoms with E-state index in [1.807, 2.05) is 13.0 Å². The Bertz CT molecular complexity index is 636. The van der Waals surface area contributed by atoms with Gasteiger partial charge in [-0.1, -0.05) is 23.2 Å². The highest BCUT2D eigenvalue weighted by atomic mass is 35.5. The van der Waals surface area contributed by atoms with Crippen LogP contribution in [0.15, 0.2) is 36.4 Å². The fourth-order valence-electron chi connectivity index (χ4n) is 1.83. The van der Waals surface area contributed by atoms with E-state index in [2.05, 4.69) is 0 Å². The second-order valence-corrected chi connectivity index (χ2v) is 4.98. The maximum atomic E-state index is 12.5. The zero-order valence-corrected chi connectivity index (χ0v) is 12.0. The van der Waals surface area contributed by atoms with Gasteiger partial charge in [0.15, 0.2) is 5.78 Å². The first-order valence-electron chi connectivity index (χ1n) is 5.67. The van der Waals surface area contributed by atoms with Crippen LogP contribution in [0, 0.1) is 6.92 Å². The summed E-state index contributed by atoms with van der Waals surface area (Å²) in [6.45, 7) is 1.86. The van der Waals surface area contributed by atoms with E-state index >= 15 is 0 Å². The van der Waals surface area contributed by atoms with Crippen LogP contribution < -0.4 is 4.74 Å². The molecule has 19 heavy (non-hydrogen) atoms. The number of halogens is 2. The number of rotatable bonds is 3. The Morgan fingerprint density at radius 1 is 1.05 bits per heavy atom. The van der Waals surface area contributed by atoms with E-state index in [-0.39, 0.29) is 5.78 Å². The molecule has 0 unspecified atom stereocenters. The quantitative estimate of drug-likeness (QED) is 0.777. The van der Waals surface area contributed by atoms with Gasteiger partial charge in [-0.05, 0) is 48.9 Å². The Morgan fingerprint density at radius 2 is 1.79 bits per heavy atom. The lowest BCUT2D eigenvalue weighted by Gasteiger charge is -2.09. The van der Waals surface area contributed by atoms with Crippen molar-refractivity contribution in [3.8, 4) is 5.75 Å². The van der Waals surface area contributed by atoms with E-state index in [0.29, 0.717) is 26.9 Å². The molecular formula is C15H12Cl2O2. The van der Waals surface area contributed by atoms with Gasteiger partial charge in [-0.3, -0.25) is 4.79 Å². The number of aryl methyl sites for hydroxylation is 1. The van der Waals surface area contributed by atoms with Gasteiger partial charge in [0.05, 0.1) is 12.1 Å². The maximum Gasteiger partial charge on any atom is 0.194 e. The summed E-state index contributed by atoms with van der Waals surface area (Å²) in [7, 11) is 1.59. The number of carbonyl (C=O) groups is 1. The van der Waals surface area contributed by atoms with Crippen molar-refractivity contribution in [1.82, 2.24) is 0 Å². The molecule has 0 saturated heterocycles. The zero-order chi connectivity index (χ0) is 14.0. The molecule has 0 spiro atoms. The van der Waals surface area contributed by atoms with Gasteiger partial charge in [0.1, 0.15) is 5.75 Å². The summed E-state index contributed by atoms with van der Waals surface area (Å²) in [4.78, 5) is 12.5. The zero-order valence-electron chi connectivity index (χ0n) is 10.5. The molecule has 98 valence electrons. The van der Waals surface area contributed by atoms with Crippen molar-refractivity contribution in [2.24, 2.45) is 0 Å². The Balaban J connectivity index is 2.47. The minimum Gasteiger partial charge on any atom is -0.497 e. The predicted molar refractivity (Wildman–Crippen MR) is 77.6 cm³/mol. The molecule has 0 aliphatic carbocycles. The molecule has 0 saturated carbocycles. The number of carbonyl (C=O) groups excluding carboxylic acids is 1. The standard InChI is InChI=1S/C15H12Cl2O2/c1-9-7-11(19-2)4-5-12(9)15(18)13-8-10(16)3-6-14(13)17/h3-8H,1-2H3. The third-order valence-corrected chi connectivity index (χ3v) is 3.42. The molecule has 2 aromatic carbocycles. The van der Waals surface area contributed by atoms with Crippen LogP contribution in [0.25, 0.3) is 0 Å². The minimum atomic E-state index is -0.146. The van der Waals surface area contributed by atoms with E-state index < -0.39 is 0 Å².